The average Bonchev–Trinajstić information content (AvgIpc) is 2.70. The zero-order valence-corrected chi connectivity index (χ0v) is 17.7. The van der Waals surface area contributed by atoms with Crippen LogP contribution in [0.4, 0.5) is 5.69 Å². The van der Waals surface area contributed by atoms with E-state index in [-0.39, 0.29) is 5.91 Å². The summed E-state index contributed by atoms with van der Waals surface area (Å²) in [5, 5.41) is 2.98. The van der Waals surface area contributed by atoms with Gasteiger partial charge < -0.3 is 14.8 Å². The molecule has 0 radical (unpaired) electrons. The zero-order chi connectivity index (χ0) is 20.1. The predicted octanol–water partition coefficient (Wildman–Crippen LogP) is 5.91. The molecular weight excluding hydrogens is 418 g/mol. The summed E-state index contributed by atoms with van der Waals surface area (Å²) in [6.07, 6.45) is 0. The van der Waals surface area contributed by atoms with Crippen molar-refractivity contribution in [1.82, 2.24) is 0 Å². The summed E-state index contributed by atoms with van der Waals surface area (Å²) in [6.45, 7) is 4.39. The summed E-state index contributed by atoms with van der Waals surface area (Å²) in [5.74, 6) is 0.854. The Hall–Kier alpha value is -2.79. The van der Waals surface area contributed by atoms with E-state index >= 15 is 0 Å². The summed E-state index contributed by atoms with van der Waals surface area (Å²) >= 11 is 3.48. The Morgan fingerprint density at radius 1 is 1.04 bits per heavy atom. The molecule has 0 spiro atoms. The van der Waals surface area contributed by atoms with Gasteiger partial charge in [-0.05, 0) is 64.7 Å². The first kappa shape index (κ1) is 20.0. The molecule has 0 heterocycles. The van der Waals surface area contributed by atoms with Gasteiger partial charge in [0.1, 0.15) is 6.61 Å². The highest BCUT2D eigenvalue weighted by atomic mass is 79.9. The van der Waals surface area contributed by atoms with Crippen molar-refractivity contribution >= 4 is 27.5 Å². The number of anilines is 1. The van der Waals surface area contributed by atoms with Crippen LogP contribution in [0.25, 0.3) is 0 Å². The number of carbonyl (C=O) groups excluding carboxylic acids is 1. The van der Waals surface area contributed by atoms with E-state index in [2.05, 4.69) is 21.2 Å². The number of hydrogen-bond acceptors (Lipinski definition) is 3. The molecule has 5 heteroatoms. The quantitative estimate of drug-likeness (QED) is 0.519. The van der Waals surface area contributed by atoms with Crippen molar-refractivity contribution in [2.24, 2.45) is 0 Å². The van der Waals surface area contributed by atoms with Crippen molar-refractivity contribution in [1.29, 1.82) is 0 Å². The number of hydrogen-bond donors (Lipinski definition) is 1. The fourth-order valence-corrected chi connectivity index (χ4v) is 3.42. The molecule has 0 unspecified atom stereocenters. The highest BCUT2D eigenvalue weighted by molar-refractivity contribution is 9.10. The highest BCUT2D eigenvalue weighted by Gasteiger charge is 2.16. The van der Waals surface area contributed by atoms with Crippen molar-refractivity contribution < 1.29 is 14.3 Å². The molecule has 0 aliphatic heterocycles. The maximum Gasteiger partial charge on any atom is 0.255 e. The molecule has 0 aliphatic carbocycles. The molecule has 0 bridgehead atoms. The van der Waals surface area contributed by atoms with Crippen LogP contribution in [0.5, 0.6) is 11.5 Å². The summed E-state index contributed by atoms with van der Waals surface area (Å²) in [6, 6.07) is 19.1. The Morgan fingerprint density at radius 3 is 2.50 bits per heavy atom. The van der Waals surface area contributed by atoms with Crippen LogP contribution in [0.2, 0.25) is 0 Å². The van der Waals surface area contributed by atoms with Crippen LogP contribution < -0.4 is 14.8 Å². The monoisotopic (exact) mass is 439 g/mol. The molecule has 3 aromatic rings. The molecular formula is C23H22BrNO3. The fraction of sp³-hybridized carbons (Fsp3) is 0.174. The number of halogens is 1. The normalized spacial score (nSPS) is 10.4. The van der Waals surface area contributed by atoms with E-state index in [9.17, 15) is 4.79 Å². The van der Waals surface area contributed by atoms with Crippen LogP contribution in [0.15, 0.2) is 65.1 Å². The molecule has 0 saturated heterocycles. The second-order valence-corrected chi connectivity index (χ2v) is 7.32. The second kappa shape index (κ2) is 8.93. The lowest BCUT2D eigenvalue weighted by atomic mass is 10.1. The van der Waals surface area contributed by atoms with Crippen molar-refractivity contribution in [3.05, 3.63) is 87.4 Å². The van der Waals surface area contributed by atoms with E-state index in [1.165, 1.54) is 0 Å². The van der Waals surface area contributed by atoms with Gasteiger partial charge in [0.25, 0.3) is 5.91 Å². The fourth-order valence-electron chi connectivity index (χ4n) is 2.82. The van der Waals surface area contributed by atoms with Crippen LogP contribution in [-0.2, 0) is 6.61 Å². The van der Waals surface area contributed by atoms with Crippen LogP contribution >= 0.6 is 15.9 Å². The molecule has 4 nitrogen and oxygen atoms in total. The maximum atomic E-state index is 12.8. The number of ether oxygens (including phenoxy) is 2. The Morgan fingerprint density at radius 2 is 1.79 bits per heavy atom. The number of carbonyl (C=O) groups is 1. The molecule has 1 amide bonds. The van der Waals surface area contributed by atoms with Gasteiger partial charge in [-0.2, -0.15) is 0 Å². The molecule has 1 N–H and O–H groups in total. The number of benzene rings is 3. The zero-order valence-electron chi connectivity index (χ0n) is 16.1. The van der Waals surface area contributed by atoms with Crippen LogP contribution in [0.1, 0.15) is 27.0 Å². The smallest absolute Gasteiger partial charge is 0.255 e. The van der Waals surface area contributed by atoms with Crippen LogP contribution in [-0.4, -0.2) is 13.0 Å². The number of amides is 1. The standard InChI is InChI=1S/C23H22BrNO3/c1-15-8-7-11-20(16(15)2)25-23(26)18-12-19(24)22(27-3)21(13-18)28-14-17-9-5-4-6-10-17/h4-13H,14H2,1-3H3,(H,25,26). The maximum absolute atomic E-state index is 12.8. The number of rotatable bonds is 6. The van der Waals surface area contributed by atoms with E-state index in [4.69, 9.17) is 9.47 Å². The Bertz CT molecular complexity index is 987. The lowest BCUT2D eigenvalue weighted by Gasteiger charge is -2.15. The Balaban J connectivity index is 1.85. The third kappa shape index (κ3) is 4.54. The molecule has 0 fully saturated rings. The first-order chi connectivity index (χ1) is 13.5. The van der Waals surface area contributed by atoms with E-state index in [1.54, 1.807) is 19.2 Å². The molecule has 0 aromatic heterocycles. The average molecular weight is 440 g/mol. The molecule has 28 heavy (non-hydrogen) atoms. The van der Waals surface area contributed by atoms with Crippen LogP contribution in [0.3, 0.4) is 0 Å². The first-order valence-corrected chi connectivity index (χ1v) is 9.70. The predicted molar refractivity (Wildman–Crippen MR) is 115 cm³/mol. The van der Waals surface area contributed by atoms with Gasteiger partial charge in [0.15, 0.2) is 11.5 Å². The van der Waals surface area contributed by atoms with E-state index in [0.717, 1.165) is 22.4 Å². The number of methoxy groups -OCH3 is 1. The molecule has 0 atom stereocenters. The summed E-state index contributed by atoms with van der Waals surface area (Å²) < 4.78 is 12.1. The minimum Gasteiger partial charge on any atom is -0.492 e. The largest absolute Gasteiger partial charge is 0.492 e. The van der Waals surface area contributed by atoms with E-state index in [1.807, 2.05) is 62.4 Å². The van der Waals surface area contributed by atoms with Gasteiger partial charge in [-0.25, -0.2) is 0 Å². The molecule has 0 aliphatic rings. The molecule has 3 aromatic carbocycles. The van der Waals surface area contributed by atoms with Gasteiger partial charge in [0.05, 0.1) is 11.6 Å². The van der Waals surface area contributed by atoms with E-state index < -0.39 is 0 Å². The SMILES string of the molecule is COc1c(Br)cc(C(=O)Nc2cccc(C)c2C)cc1OCc1ccccc1. The Labute approximate surface area is 173 Å². The Kier molecular flexibility index (Phi) is 6.37. The van der Waals surface area contributed by atoms with Gasteiger partial charge >= 0.3 is 0 Å². The minimum atomic E-state index is -0.207. The molecule has 3 rings (SSSR count). The second-order valence-electron chi connectivity index (χ2n) is 6.47. The summed E-state index contributed by atoms with van der Waals surface area (Å²) in [7, 11) is 1.57. The first-order valence-electron chi connectivity index (χ1n) is 8.91. The lowest BCUT2D eigenvalue weighted by Crippen LogP contribution is -2.13. The number of aryl methyl sites for hydroxylation is 1. The molecule has 144 valence electrons. The van der Waals surface area contributed by atoms with Gasteiger partial charge in [-0.15, -0.1) is 0 Å². The van der Waals surface area contributed by atoms with Gasteiger partial charge in [-0.3, -0.25) is 4.79 Å². The van der Waals surface area contributed by atoms with E-state index in [0.29, 0.717) is 28.1 Å². The number of nitrogens with one attached hydrogen (secondary N) is 1. The third-order valence-electron chi connectivity index (χ3n) is 4.57. The van der Waals surface area contributed by atoms with Crippen molar-refractivity contribution in [3.63, 3.8) is 0 Å². The van der Waals surface area contributed by atoms with Gasteiger partial charge in [0.2, 0.25) is 0 Å². The van der Waals surface area contributed by atoms with Gasteiger partial charge in [-0.1, -0.05) is 42.5 Å². The van der Waals surface area contributed by atoms with Crippen molar-refractivity contribution in [2.75, 3.05) is 12.4 Å². The highest BCUT2D eigenvalue weighted by Crippen LogP contribution is 2.37. The van der Waals surface area contributed by atoms with Gasteiger partial charge in [0, 0.05) is 11.3 Å². The summed E-state index contributed by atoms with van der Waals surface area (Å²) in [5.41, 5.74) is 4.48. The molecule has 0 saturated carbocycles. The van der Waals surface area contributed by atoms with Crippen LogP contribution in [0, 0.1) is 13.8 Å². The van der Waals surface area contributed by atoms with Crippen molar-refractivity contribution in [2.45, 2.75) is 20.5 Å². The third-order valence-corrected chi connectivity index (χ3v) is 5.15. The topological polar surface area (TPSA) is 47.6 Å². The minimum absolute atomic E-state index is 0.207. The van der Waals surface area contributed by atoms with Crippen molar-refractivity contribution in [3.8, 4) is 11.5 Å². The lowest BCUT2D eigenvalue weighted by molar-refractivity contribution is 0.102. The summed E-state index contributed by atoms with van der Waals surface area (Å²) in [4.78, 5) is 12.8.